The van der Waals surface area contributed by atoms with E-state index in [1.54, 1.807) is 72.8 Å². The number of esters is 1. The lowest BCUT2D eigenvalue weighted by Gasteiger charge is -2.18. The fraction of sp³-hybridized carbons (Fsp3) is 0.450. The maximum Gasteiger partial charge on any atom is 0.338 e. The molecule has 0 aliphatic carbocycles. The van der Waals surface area contributed by atoms with Crippen LogP contribution in [0.5, 0.6) is 11.5 Å². The van der Waals surface area contributed by atoms with Crippen molar-refractivity contribution in [2.45, 2.75) is 91.9 Å². The van der Waals surface area contributed by atoms with Gasteiger partial charge in [0.15, 0.2) is 17.5 Å². The van der Waals surface area contributed by atoms with E-state index in [9.17, 15) is 15.0 Å². The van der Waals surface area contributed by atoms with E-state index < -0.39 is 0 Å². The van der Waals surface area contributed by atoms with Crippen molar-refractivity contribution in [2.24, 2.45) is 17.8 Å². The van der Waals surface area contributed by atoms with Crippen molar-refractivity contribution in [3.8, 4) is 45.7 Å². The molecule has 0 fully saturated rings. The minimum absolute atomic E-state index is 0.0373. The molecule has 1 aromatic heterocycles. The molecule has 1 heterocycles. The van der Waals surface area contributed by atoms with Gasteiger partial charge in [-0.15, -0.1) is 0 Å². The molecule has 250 valence electrons. The molecule has 4 aromatic rings. The minimum atomic E-state index is -0.333. The summed E-state index contributed by atoms with van der Waals surface area (Å²) >= 11 is 0. The molecule has 3 unspecified atom stereocenters. The lowest BCUT2D eigenvalue weighted by molar-refractivity contribution is 0.0421. The second kappa shape index (κ2) is 18.2. The van der Waals surface area contributed by atoms with Gasteiger partial charge in [-0.1, -0.05) is 115 Å². The van der Waals surface area contributed by atoms with Crippen LogP contribution in [0.1, 0.15) is 102 Å². The number of carbonyl (C=O) groups is 1. The fourth-order valence-corrected chi connectivity index (χ4v) is 5.68. The Hall–Kier alpha value is -4.26. The van der Waals surface area contributed by atoms with Crippen LogP contribution in [0, 0.1) is 17.8 Å². The molecule has 0 aliphatic heterocycles. The number of hydrogen-bond acceptors (Lipinski definition) is 7. The quantitative estimate of drug-likeness (QED) is 0.0826. The first-order valence-corrected chi connectivity index (χ1v) is 17.4. The van der Waals surface area contributed by atoms with Gasteiger partial charge in [-0.05, 0) is 67.0 Å². The van der Waals surface area contributed by atoms with Gasteiger partial charge in [0.2, 0.25) is 0 Å². The summed E-state index contributed by atoms with van der Waals surface area (Å²) in [6.45, 7) is 9.58. The van der Waals surface area contributed by atoms with Crippen LogP contribution in [0.25, 0.3) is 34.2 Å². The number of para-hydroxylation sites is 2. The molecule has 0 aliphatic rings. The Morgan fingerprint density at radius 1 is 0.638 bits per heavy atom. The zero-order valence-corrected chi connectivity index (χ0v) is 28.5. The average molecular weight is 638 g/mol. The Morgan fingerprint density at radius 2 is 1.13 bits per heavy atom. The van der Waals surface area contributed by atoms with Gasteiger partial charge in [0.05, 0.1) is 23.3 Å². The molecule has 3 aromatic carbocycles. The number of phenolic OH excluding ortho intramolecular Hbond substituents is 2. The van der Waals surface area contributed by atoms with Crippen molar-refractivity contribution in [1.29, 1.82) is 0 Å². The molecular formula is C40H51N3O4. The molecule has 0 saturated carbocycles. The van der Waals surface area contributed by atoms with Crippen LogP contribution < -0.4 is 0 Å². The second-order valence-electron chi connectivity index (χ2n) is 13.0. The zero-order chi connectivity index (χ0) is 33.6. The maximum absolute atomic E-state index is 13.1. The summed E-state index contributed by atoms with van der Waals surface area (Å²) < 4.78 is 5.88. The van der Waals surface area contributed by atoms with E-state index in [1.165, 1.54) is 44.9 Å². The third-order valence-corrected chi connectivity index (χ3v) is 9.27. The molecule has 4 rings (SSSR count). The normalized spacial score (nSPS) is 13.2. The molecule has 0 amide bonds. The summed E-state index contributed by atoms with van der Waals surface area (Å²) in [5, 5.41) is 21.0. The number of hydrogen-bond donors (Lipinski definition) is 2. The number of phenols is 2. The number of carbonyl (C=O) groups excluding carboxylic acids is 1. The monoisotopic (exact) mass is 637 g/mol. The van der Waals surface area contributed by atoms with E-state index in [2.05, 4.69) is 42.6 Å². The topological polar surface area (TPSA) is 105 Å². The van der Waals surface area contributed by atoms with Gasteiger partial charge < -0.3 is 14.9 Å². The largest absolute Gasteiger partial charge is 0.507 e. The second-order valence-corrected chi connectivity index (χ2v) is 13.0. The molecule has 7 heteroatoms. The minimum Gasteiger partial charge on any atom is -0.507 e. The summed E-state index contributed by atoms with van der Waals surface area (Å²) in [4.78, 5) is 27.0. The Labute approximate surface area is 280 Å². The average Bonchev–Trinajstić information content (AvgIpc) is 3.10. The van der Waals surface area contributed by atoms with E-state index in [0.29, 0.717) is 40.6 Å². The predicted octanol–water partition coefficient (Wildman–Crippen LogP) is 10.3. The van der Waals surface area contributed by atoms with E-state index in [1.807, 2.05) is 0 Å². The highest BCUT2D eigenvalue weighted by Crippen LogP contribution is 2.32. The summed E-state index contributed by atoms with van der Waals surface area (Å²) in [5.74, 6) is 2.52. The van der Waals surface area contributed by atoms with E-state index in [4.69, 9.17) is 4.74 Å². The highest BCUT2D eigenvalue weighted by molar-refractivity contribution is 5.90. The highest BCUT2D eigenvalue weighted by Gasteiger charge is 2.18. The van der Waals surface area contributed by atoms with Gasteiger partial charge >= 0.3 is 5.97 Å². The number of aromatic nitrogens is 3. The number of unbranched alkanes of at least 4 members (excludes halogenated alkanes) is 2. The summed E-state index contributed by atoms with van der Waals surface area (Å²) in [5.41, 5.74) is 2.03. The zero-order valence-electron chi connectivity index (χ0n) is 28.5. The van der Waals surface area contributed by atoms with Crippen molar-refractivity contribution >= 4 is 5.97 Å². The lowest BCUT2D eigenvalue weighted by Crippen LogP contribution is -2.15. The summed E-state index contributed by atoms with van der Waals surface area (Å²) in [7, 11) is 0. The van der Waals surface area contributed by atoms with Crippen LogP contribution >= 0.6 is 0 Å². The van der Waals surface area contributed by atoms with E-state index >= 15 is 0 Å². The van der Waals surface area contributed by atoms with Gasteiger partial charge in [0, 0.05) is 5.56 Å². The number of ether oxygens (including phenoxy) is 1. The van der Waals surface area contributed by atoms with Gasteiger partial charge in [-0.3, -0.25) is 0 Å². The molecular weight excluding hydrogens is 586 g/mol. The Morgan fingerprint density at radius 3 is 1.68 bits per heavy atom. The highest BCUT2D eigenvalue weighted by atomic mass is 16.5. The van der Waals surface area contributed by atoms with Gasteiger partial charge in [0.1, 0.15) is 11.5 Å². The Bertz CT molecular complexity index is 1490. The first-order valence-electron chi connectivity index (χ1n) is 17.4. The van der Waals surface area contributed by atoms with Crippen molar-refractivity contribution in [3.63, 3.8) is 0 Å². The van der Waals surface area contributed by atoms with Crippen LogP contribution in [0.4, 0.5) is 0 Å². The number of rotatable bonds is 18. The Balaban J connectivity index is 1.46. The molecule has 0 bridgehead atoms. The predicted molar refractivity (Wildman–Crippen MR) is 189 cm³/mol. The third kappa shape index (κ3) is 10.6. The van der Waals surface area contributed by atoms with Gasteiger partial charge in [-0.2, -0.15) is 0 Å². The molecule has 7 nitrogen and oxygen atoms in total. The maximum atomic E-state index is 13.1. The van der Waals surface area contributed by atoms with Gasteiger partial charge in [0.25, 0.3) is 0 Å². The number of aromatic hydroxyl groups is 2. The number of benzene rings is 3. The third-order valence-electron chi connectivity index (χ3n) is 9.27. The molecule has 0 radical (unpaired) electrons. The van der Waals surface area contributed by atoms with Crippen molar-refractivity contribution in [2.75, 3.05) is 6.61 Å². The lowest BCUT2D eigenvalue weighted by atomic mass is 9.92. The molecule has 0 saturated heterocycles. The van der Waals surface area contributed by atoms with Crippen molar-refractivity contribution in [1.82, 2.24) is 15.0 Å². The number of nitrogens with zero attached hydrogens (tertiary/aromatic N) is 3. The van der Waals surface area contributed by atoms with Crippen LogP contribution in [-0.4, -0.2) is 37.7 Å². The summed E-state index contributed by atoms with van der Waals surface area (Å²) in [6.07, 6.45) is 11.9. The van der Waals surface area contributed by atoms with E-state index in [0.717, 1.165) is 31.1 Å². The smallest absolute Gasteiger partial charge is 0.338 e. The van der Waals surface area contributed by atoms with Crippen molar-refractivity contribution < 1.29 is 19.7 Å². The molecule has 0 spiro atoms. The summed E-state index contributed by atoms with van der Waals surface area (Å²) in [6, 6.07) is 20.7. The molecule has 47 heavy (non-hydrogen) atoms. The SMILES string of the molecule is CCC(C)CCCCCC(CCCC(C)CC)COC(=O)c1ccc(-c2nc(-c3ccccc3O)nc(-c3ccccc3O)n2)cc1. The van der Waals surface area contributed by atoms with Gasteiger partial charge in [-0.25, -0.2) is 19.7 Å². The van der Waals surface area contributed by atoms with E-state index in [-0.39, 0.29) is 29.1 Å². The molecule has 3 atom stereocenters. The molecule has 2 N–H and O–H groups in total. The van der Waals surface area contributed by atoms with Crippen LogP contribution in [0.2, 0.25) is 0 Å². The van der Waals surface area contributed by atoms with Crippen LogP contribution in [0.3, 0.4) is 0 Å². The standard InChI is InChI=1S/C40H51N3O4/c1-5-28(3)15-8-7-9-17-30(18-14-16-29(4)6-2)27-47-40(46)32-25-23-31(24-26-32)37-41-38(33-19-10-12-21-35(33)44)43-39(42-37)34-20-11-13-22-36(34)45/h10-13,19-26,28-30,44-45H,5-9,14-18,27H2,1-4H3. The first-order chi connectivity index (χ1) is 22.8. The first kappa shape index (κ1) is 35.6. The van der Waals surface area contributed by atoms with Crippen LogP contribution in [-0.2, 0) is 4.74 Å². The van der Waals surface area contributed by atoms with Crippen LogP contribution in [0.15, 0.2) is 72.8 Å². The van der Waals surface area contributed by atoms with Crippen molar-refractivity contribution in [3.05, 3.63) is 78.4 Å². The Kier molecular flexibility index (Phi) is 13.8. The fourth-order valence-electron chi connectivity index (χ4n) is 5.68.